The molecule has 2 amide bonds. The maximum atomic E-state index is 12.7. The Balaban J connectivity index is 1.76. The van der Waals surface area contributed by atoms with Crippen molar-refractivity contribution in [3.05, 3.63) is 76.4 Å². The van der Waals surface area contributed by atoms with Crippen molar-refractivity contribution in [1.82, 2.24) is 14.9 Å². The summed E-state index contributed by atoms with van der Waals surface area (Å²) in [5, 5.41) is 10.2. The Hall–Kier alpha value is -2.77. The van der Waals surface area contributed by atoms with E-state index in [2.05, 4.69) is 20.2 Å². The summed E-state index contributed by atoms with van der Waals surface area (Å²) in [6.07, 6.45) is 0. The van der Waals surface area contributed by atoms with Gasteiger partial charge < -0.3 is 10.6 Å². The van der Waals surface area contributed by atoms with E-state index < -0.39 is 11.4 Å². The van der Waals surface area contributed by atoms with Crippen LogP contribution in [-0.4, -0.2) is 21.4 Å². The van der Waals surface area contributed by atoms with Gasteiger partial charge in [-0.3, -0.25) is 9.59 Å². The maximum Gasteiger partial charge on any atom is 0.275 e. The molecule has 3 rings (SSSR count). The summed E-state index contributed by atoms with van der Waals surface area (Å²) in [6.45, 7) is 3.79. The standard InChI is InChI=1S/C19H17ClN4O2S/c1-19(2,13-8-4-3-5-9-13)22-17(26)15-18(27-24-23-15)21-16(25)12-7-6-10-14(20)11-12/h3-11H,1-2H3,(H,21,25)(H,22,26). The lowest BCUT2D eigenvalue weighted by Gasteiger charge is -2.26. The highest BCUT2D eigenvalue weighted by Crippen LogP contribution is 2.23. The van der Waals surface area contributed by atoms with Crippen LogP contribution in [0.25, 0.3) is 0 Å². The highest BCUT2D eigenvalue weighted by molar-refractivity contribution is 7.10. The summed E-state index contributed by atoms with van der Waals surface area (Å²) < 4.78 is 3.80. The van der Waals surface area contributed by atoms with Crippen LogP contribution in [0.4, 0.5) is 5.00 Å². The molecule has 2 N–H and O–H groups in total. The van der Waals surface area contributed by atoms with Gasteiger partial charge >= 0.3 is 0 Å². The van der Waals surface area contributed by atoms with Crippen LogP contribution in [0.1, 0.15) is 40.3 Å². The molecule has 0 spiro atoms. The van der Waals surface area contributed by atoms with Crippen molar-refractivity contribution in [2.75, 3.05) is 5.32 Å². The van der Waals surface area contributed by atoms with E-state index in [4.69, 9.17) is 11.6 Å². The van der Waals surface area contributed by atoms with Crippen molar-refractivity contribution >= 4 is 39.9 Å². The lowest BCUT2D eigenvalue weighted by Crippen LogP contribution is -2.41. The summed E-state index contributed by atoms with van der Waals surface area (Å²) in [6, 6.07) is 16.1. The third-order valence-corrected chi connectivity index (χ3v) is 4.81. The minimum absolute atomic E-state index is 0.0689. The fraction of sp³-hybridized carbons (Fsp3) is 0.158. The normalized spacial score (nSPS) is 11.1. The van der Waals surface area contributed by atoms with Gasteiger partial charge in [0.25, 0.3) is 11.8 Å². The zero-order valence-electron chi connectivity index (χ0n) is 14.7. The Kier molecular flexibility index (Phi) is 5.53. The molecule has 2 aromatic carbocycles. The monoisotopic (exact) mass is 400 g/mol. The number of rotatable bonds is 5. The number of aromatic nitrogens is 2. The molecule has 0 atom stereocenters. The number of halogens is 1. The molecule has 0 saturated heterocycles. The Morgan fingerprint density at radius 2 is 1.78 bits per heavy atom. The molecule has 0 unspecified atom stereocenters. The first-order valence-corrected chi connectivity index (χ1v) is 9.29. The topological polar surface area (TPSA) is 84.0 Å². The average molecular weight is 401 g/mol. The summed E-state index contributed by atoms with van der Waals surface area (Å²) in [4.78, 5) is 25.1. The van der Waals surface area contributed by atoms with Crippen molar-refractivity contribution in [3.8, 4) is 0 Å². The van der Waals surface area contributed by atoms with Gasteiger partial charge in [0, 0.05) is 22.1 Å². The molecule has 1 heterocycles. The Morgan fingerprint density at radius 3 is 2.48 bits per heavy atom. The predicted octanol–water partition coefficient (Wildman–Crippen LogP) is 4.11. The van der Waals surface area contributed by atoms with E-state index in [1.807, 2.05) is 44.2 Å². The molecule has 0 aliphatic heterocycles. The molecule has 0 saturated carbocycles. The zero-order valence-corrected chi connectivity index (χ0v) is 16.3. The number of anilines is 1. The predicted molar refractivity (Wildman–Crippen MR) is 106 cm³/mol. The van der Waals surface area contributed by atoms with Crippen LogP contribution in [0.5, 0.6) is 0 Å². The van der Waals surface area contributed by atoms with Crippen molar-refractivity contribution in [2.45, 2.75) is 19.4 Å². The Labute approximate surface area is 165 Å². The molecule has 1 aromatic heterocycles. The molecular weight excluding hydrogens is 384 g/mol. The molecule has 0 aliphatic carbocycles. The number of nitrogens with one attached hydrogen (secondary N) is 2. The quantitative estimate of drug-likeness (QED) is 0.675. The van der Waals surface area contributed by atoms with E-state index in [9.17, 15) is 9.59 Å². The second kappa shape index (κ2) is 7.85. The van der Waals surface area contributed by atoms with Crippen molar-refractivity contribution in [1.29, 1.82) is 0 Å². The summed E-state index contributed by atoms with van der Waals surface area (Å²) >= 11 is 6.86. The molecule has 138 valence electrons. The summed E-state index contributed by atoms with van der Waals surface area (Å²) in [7, 11) is 0. The minimum atomic E-state index is -0.615. The van der Waals surface area contributed by atoms with Gasteiger partial charge in [0.15, 0.2) is 5.69 Å². The molecule has 0 fully saturated rings. The molecule has 0 radical (unpaired) electrons. The van der Waals surface area contributed by atoms with E-state index in [1.165, 1.54) is 0 Å². The SMILES string of the molecule is CC(C)(NC(=O)c1nnsc1NC(=O)c1cccc(Cl)c1)c1ccccc1. The van der Waals surface area contributed by atoms with E-state index in [1.54, 1.807) is 24.3 Å². The van der Waals surface area contributed by atoms with Gasteiger partial charge in [0.2, 0.25) is 0 Å². The number of carbonyl (C=O) groups is 2. The molecule has 0 bridgehead atoms. The lowest BCUT2D eigenvalue weighted by molar-refractivity contribution is 0.0908. The number of nitrogens with zero attached hydrogens (tertiary/aromatic N) is 2. The van der Waals surface area contributed by atoms with Gasteiger partial charge in [0.05, 0.1) is 5.54 Å². The molecule has 6 nitrogen and oxygen atoms in total. The first-order chi connectivity index (χ1) is 12.9. The number of hydrogen-bond acceptors (Lipinski definition) is 5. The van der Waals surface area contributed by atoms with Crippen molar-refractivity contribution < 1.29 is 9.59 Å². The molecule has 27 heavy (non-hydrogen) atoms. The Morgan fingerprint density at radius 1 is 1.04 bits per heavy atom. The summed E-state index contributed by atoms with van der Waals surface area (Å²) in [5.74, 6) is -0.807. The van der Waals surface area contributed by atoms with Crippen LogP contribution in [-0.2, 0) is 5.54 Å². The number of hydrogen-bond donors (Lipinski definition) is 2. The van der Waals surface area contributed by atoms with Crippen LogP contribution in [0.15, 0.2) is 54.6 Å². The van der Waals surface area contributed by atoms with Crippen LogP contribution < -0.4 is 10.6 Å². The number of benzene rings is 2. The fourth-order valence-corrected chi connectivity index (χ4v) is 3.25. The Bertz CT molecular complexity index is 973. The highest BCUT2D eigenvalue weighted by atomic mass is 35.5. The maximum absolute atomic E-state index is 12.7. The number of carbonyl (C=O) groups excluding carboxylic acids is 2. The number of amides is 2. The van der Waals surface area contributed by atoms with E-state index in [0.29, 0.717) is 10.6 Å². The first-order valence-electron chi connectivity index (χ1n) is 8.14. The van der Waals surface area contributed by atoms with Crippen molar-refractivity contribution in [2.24, 2.45) is 0 Å². The third-order valence-electron chi connectivity index (χ3n) is 3.94. The van der Waals surface area contributed by atoms with Gasteiger partial charge in [-0.15, -0.1) is 5.10 Å². The second-order valence-corrected chi connectivity index (χ2v) is 7.55. The van der Waals surface area contributed by atoms with Crippen LogP contribution >= 0.6 is 23.1 Å². The highest BCUT2D eigenvalue weighted by Gasteiger charge is 2.27. The van der Waals surface area contributed by atoms with Crippen LogP contribution in [0.2, 0.25) is 5.02 Å². The van der Waals surface area contributed by atoms with Gasteiger partial charge in [-0.1, -0.05) is 52.5 Å². The van der Waals surface area contributed by atoms with E-state index in [0.717, 1.165) is 17.1 Å². The molecule has 8 heteroatoms. The van der Waals surface area contributed by atoms with E-state index in [-0.39, 0.29) is 16.6 Å². The minimum Gasteiger partial charge on any atom is -0.342 e. The summed E-state index contributed by atoms with van der Waals surface area (Å²) in [5.41, 5.74) is 0.785. The average Bonchev–Trinajstić information content (AvgIpc) is 3.10. The first kappa shape index (κ1) is 19.0. The molecule has 3 aromatic rings. The molecular formula is C19H17ClN4O2S. The van der Waals surface area contributed by atoms with Gasteiger partial charge in [0.1, 0.15) is 5.00 Å². The fourth-order valence-electron chi connectivity index (χ4n) is 2.50. The van der Waals surface area contributed by atoms with Gasteiger partial charge in [-0.05, 0) is 37.6 Å². The van der Waals surface area contributed by atoms with E-state index >= 15 is 0 Å². The lowest BCUT2D eigenvalue weighted by atomic mass is 9.94. The van der Waals surface area contributed by atoms with Crippen LogP contribution in [0, 0.1) is 0 Å². The van der Waals surface area contributed by atoms with Crippen LogP contribution in [0.3, 0.4) is 0 Å². The third kappa shape index (κ3) is 4.50. The van der Waals surface area contributed by atoms with Gasteiger partial charge in [-0.25, -0.2) is 0 Å². The largest absolute Gasteiger partial charge is 0.342 e. The van der Waals surface area contributed by atoms with Gasteiger partial charge in [-0.2, -0.15) is 0 Å². The van der Waals surface area contributed by atoms with Crippen molar-refractivity contribution in [3.63, 3.8) is 0 Å². The smallest absolute Gasteiger partial charge is 0.275 e. The zero-order chi connectivity index (χ0) is 19.4. The second-order valence-electron chi connectivity index (χ2n) is 6.36. The molecule has 0 aliphatic rings.